The molecule has 2 fully saturated rings. The molecule has 4 nitrogen and oxygen atoms in total. The van der Waals surface area contributed by atoms with Gasteiger partial charge in [0.15, 0.2) is 17.4 Å². The average Bonchev–Trinajstić information content (AvgIpc) is 3.00. The zero-order chi connectivity index (χ0) is 17.1. The van der Waals surface area contributed by atoms with Crippen LogP contribution in [0, 0.1) is 17.5 Å². The maximum atomic E-state index is 13.6. The molecule has 1 saturated carbocycles. The van der Waals surface area contributed by atoms with E-state index in [0.717, 1.165) is 25.7 Å². The Bertz CT molecular complexity index is 582. The molecule has 24 heavy (non-hydrogen) atoms. The summed E-state index contributed by atoms with van der Waals surface area (Å²) in [6.45, 7) is 0.305. The first-order valence-electron chi connectivity index (χ1n) is 8.38. The van der Waals surface area contributed by atoms with E-state index in [9.17, 15) is 18.0 Å². The van der Waals surface area contributed by atoms with Crippen molar-refractivity contribution in [3.05, 3.63) is 29.6 Å². The fourth-order valence-electron chi connectivity index (χ4n) is 3.35. The van der Waals surface area contributed by atoms with Crippen molar-refractivity contribution in [2.45, 2.75) is 56.7 Å². The van der Waals surface area contributed by atoms with Crippen LogP contribution in [0.15, 0.2) is 12.1 Å². The van der Waals surface area contributed by atoms with E-state index in [1.807, 2.05) is 0 Å². The Morgan fingerprint density at radius 1 is 1.12 bits per heavy atom. The SMILES string of the molecule is O=C(NC1CCCCC1)[C@@H]1C[C@H](Oc2c(F)cc(F)cc2F)CN1. The van der Waals surface area contributed by atoms with Crippen LogP contribution >= 0.6 is 0 Å². The number of carbonyl (C=O) groups is 1. The van der Waals surface area contributed by atoms with Crippen LogP contribution in [0.1, 0.15) is 38.5 Å². The largest absolute Gasteiger partial charge is 0.483 e. The number of benzene rings is 1. The van der Waals surface area contributed by atoms with E-state index in [4.69, 9.17) is 4.74 Å². The number of nitrogens with one attached hydrogen (secondary N) is 2. The quantitative estimate of drug-likeness (QED) is 0.884. The summed E-state index contributed by atoms with van der Waals surface area (Å²) < 4.78 is 45.5. The predicted molar refractivity (Wildman–Crippen MR) is 82.2 cm³/mol. The van der Waals surface area contributed by atoms with Gasteiger partial charge in [0.1, 0.15) is 11.9 Å². The molecule has 0 unspecified atom stereocenters. The first kappa shape index (κ1) is 17.1. The average molecular weight is 342 g/mol. The van der Waals surface area contributed by atoms with Crippen molar-refractivity contribution in [2.75, 3.05) is 6.54 Å². The molecular weight excluding hydrogens is 321 g/mol. The summed E-state index contributed by atoms with van der Waals surface area (Å²) in [5, 5.41) is 6.03. The molecule has 2 N–H and O–H groups in total. The second-order valence-electron chi connectivity index (χ2n) is 6.48. The Labute approximate surface area is 138 Å². The summed E-state index contributed by atoms with van der Waals surface area (Å²) >= 11 is 0. The minimum absolute atomic E-state index is 0.104. The molecule has 0 aromatic heterocycles. The Morgan fingerprint density at radius 2 is 1.79 bits per heavy atom. The molecule has 1 saturated heterocycles. The number of carbonyl (C=O) groups excluding carboxylic acids is 1. The van der Waals surface area contributed by atoms with E-state index in [1.165, 1.54) is 6.42 Å². The lowest BCUT2D eigenvalue weighted by Gasteiger charge is -2.24. The second-order valence-corrected chi connectivity index (χ2v) is 6.48. The summed E-state index contributed by atoms with van der Waals surface area (Å²) in [4.78, 5) is 12.3. The van der Waals surface area contributed by atoms with E-state index < -0.39 is 35.3 Å². The standard InChI is InChI=1S/C17H21F3N2O2/c18-10-6-13(19)16(14(20)7-10)24-12-8-15(21-9-12)17(23)22-11-4-2-1-3-5-11/h6-7,11-12,15,21H,1-5,8-9H2,(H,22,23)/t12-,15-/m0/s1. The third-order valence-electron chi connectivity index (χ3n) is 4.61. The van der Waals surface area contributed by atoms with Crippen LogP contribution < -0.4 is 15.4 Å². The lowest BCUT2D eigenvalue weighted by atomic mass is 9.95. The van der Waals surface area contributed by atoms with E-state index >= 15 is 0 Å². The molecule has 0 radical (unpaired) electrons. The molecule has 2 aliphatic rings. The number of halogens is 3. The molecule has 0 spiro atoms. The van der Waals surface area contributed by atoms with Crippen molar-refractivity contribution in [3.63, 3.8) is 0 Å². The van der Waals surface area contributed by atoms with E-state index in [0.29, 0.717) is 25.1 Å². The molecule has 0 bridgehead atoms. The Morgan fingerprint density at radius 3 is 2.46 bits per heavy atom. The minimum atomic E-state index is -1.08. The summed E-state index contributed by atoms with van der Waals surface area (Å²) in [6, 6.07) is 0.922. The fourth-order valence-corrected chi connectivity index (χ4v) is 3.35. The molecule has 132 valence electrons. The lowest BCUT2D eigenvalue weighted by Crippen LogP contribution is -2.45. The number of hydrogen-bond acceptors (Lipinski definition) is 3. The normalized spacial score (nSPS) is 24.8. The van der Waals surface area contributed by atoms with Crippen molar-refractivity contribution in [3.8, 4) is 5.75 Å². The van der Waals surface area contributed by atoms with Crippen LogP contribution in [-0.4, -0.2) is 30.6 Å². The Kier molecular flexibility index (Phi) is 5.28. The number of amides is 1. The van der Waals surface area contributed by atoms with Crippen molar-refractivity contribution >= 4 is 5.91 Å². The van der Waals surface area contributed by atoms with E-state index in [-0.39, 0.29) is 11.9 Å². The van der Waals surface area contributed by atoms with Gasteiger partial charge in [0.05, 0.1) is 6.04 Å². The minimum Gasteiger partial charge on any atom is -0.483 e. The molecule has 2 atom stereocenters. The first-order chi connectivity index (χ1) is 11.5. The molecule has 1 aromatic carbocycles. The number of ether oxygens (including phenoxy) is 1. The predicted octanol–water partition coefficient (Wildman–Crippen LogP) is 2.66. The van der Waals surface area contributed by atoms with Gasteiger partial charge in [0, 0.05) is 31.1 Å². The summed E-state index contributed by atoms with van der Waals surface area (Å²) in [6.07, 6.45) is 5.21. The van der Waals surface area contributed by atoms with Gasteiger partial charge in [0.2, 0.25) is 5.91 Å². The van der Waals surface area contributed by atoms with Crippen molar-refractivity contribution < 1.29 is 22.7 Å². The van der Waals surface area contributed by atoms with Crippen LogP contribution in [0.2, 0.25) is 0 Å². The van der Waals surface area contributed by atoms with Gasteiger partial charge in [-0.25, -0.2) is 13.2 Å². The van der Waals surface area contributed by atoms with Gasteiger partial charge in [-0.1, -0.05) is 19.3 Å². The Balaban J connectivity index is 1.54. The molecule has 1 aromatic rings. The van der Waals surface area contributed by atoms with Crippen LogP contribution in [-0.2, 0) is 4.79 Å². The van der Waals surface area contributed by atoms with E-state index in [2.05, 4.69) is 10.6 Å². The van der Waals surface area contributed by atoms with Crippen LogP contribution in [0.5, 0.6) is 5.75 Å². The molecule has 1 aliphatic heterocycles. The van der Waals surface area contributed by atoms with Crippen molar-refractivity contribution in [2.24, 2.45) is 0 Å². The van der Waals surface area contributed by atoms with Gasteiger partial charge in [-0.3, -0.25) is 4.79 Å². The van der Waals surface area contributed by atoms with Crippen LogP contribution in [0.4, 0.5) is 13.2 Å². The molecule has 1 amide bonds. The summed E-state index contributed by atoms with van der Waals surface area (Å²) in [5.74, 6) is -3.86. The highest BCUT2D eigenvalue weighted by Gasteiger charge is 2.33. The number of rotatable bonds is 4. The van der Waals surface area contributed by atoms with Gasteiger partial charge in [-0.05, 0) is 12.8 Å². The topological polar surface area (TPSA) is 50.4 Å². The first-order valence-corrected chi connectivity index (χ1v) is 8.38. The molecular formula is C17H21F3N2O2. The lowest BCUT2D eigenvalue weighted by molar-refractivity contribution is -0.123. The molecule has 1 aliphatic carbocycles. The maximum absolute atomic E-state index is 13.6. The van der Waals surface area contributed by atoms with E-state index in [1.54, 1.807) is 0 Å². The molecule has 3 rings (SSSR count). The highest BCUT2D eigenvalue weighted by atomic mass is 19.1. The second kappa shape index (κ2) is 7.42. The van der Waals surface area contributed by atoms with Gasteiger partial charge < -0.3 is 15.4 Å². The van der Waals surface area contributed by atoms with Gasteiger partial charge >= 0.3 is 0 Å². The third-order valence-corrected chi connectivity index (χ3v) is 4.61. The highest BCUT2D eigenvalue weighted by Crippen LogP contribution is 2.26. The van der Waals surface area contributed by atoms with Gasteiger partial charge in [0.25, 0.3) is 0 Å². The van der Waals surface area contributed by atoms with Crippen molar-refractivity contribution in [1.82, 2.24) is 10.6 Å². The summed E-state index contributed by atoms with van der Waals surface area (Å²) in [5.41, 5.74) is 0. The van der Waals surface area contributed by atoms with Crippen LogP contribution in [0.3, 0.4) is 0 Å². The summed E-state index contributed by atoms with van der Waals surface area (Å²) in [7, 11) is 0. The van der Waals surface area contributed by atoms with Crippen LogP contribution in [0.25, 0.3) is 0 Å². The third kappa shape index (κ3) is 4.01. The highest BCUT2D eigenvalue weighted by molar-refractivity contribution is 5.82. The molecule has 7 heteroatoms. The number of hydrogen-bond donors (Lipinski definition) is 2. The van der Waals surface area contributed by atoms with Gasteiger partial charge in [-0.2, -0.15) is 0 Å². The van der Waals surface area contributed by atoms with Gasteiger partial charge in [-0.15, -0.1) is 0 Å². The molecule has 1 heterocycles. The van der Waals surface area contributed by atoms with Crippen molar-refractivity contribution in [1.29, 1.82) is 0 Å². The monoisotopic (exact) mass is 342 g/mol. The zero-order valence-electron chi connectivity index (χ0n) is 13.3. The fraction of sp³-hybridized carbons (Fsp3) is 0.588. The Hall–Kier alpha value is -1.76. The smallest absolute Gasteiger partial charge is 0.237 e. The zero-order valence-corrected chi connectivity index (χ0v) is 13.3. The maximum Gasteiger partial charge on any atom is 0.237 e.